The number of carbonyl (C=O) groups is 4. The van der Waals surface area contributed by atoms with E-state index in [9.17, 15) is 34.5 Å². The highest BCUT2D eigenvalue weighted by atomic mass is 16.5. The maximum absolute atomic E-state index is 12.4. The zero-order chi connectivity index (χ0) is 51.7. The predicted octanol–water partition coefficient (Wildman–Crippen LogP) is 6.59. The minimum absolute atomic E-state index is 0.0312. The van der Waals surface area contributed by atoms with Crippen LogP contribution in [0.5, 0.6) is 0 Å². The van der Waals surface area contributed by atoms with Gasteiger partial charge in [-0.2, -0.15) is 0 Å². The predicted molar refractivity (Wildman–Crippen MR) is 265 cm³/mol. The molecule has 4 aromatic carbocycles. The minimum Gasteiger partial charge on any atom is -0.390 e. The molecular weight excluding hydrogens is 917 g/mol. The zero-order valence-corrected chi connectivity index (χ0v) is 42.5. The first-order chi connectivity index (χ1) is 34.1. The standard InChI is InChI=1S/C15H19NO2.C14H17NO4.C14H17NO3.C14H15NO2/c1-10-11(2)15(3)9-18-14(16(15)13(10)17)12-7-5-4-6-8-12;1-13-8-19-10(9-6-4-3-5-7-9)15(13)12(17)14(2,18)11(13)16;1-9-11(16)14(2)8-18-13(15(14)12(9)17)10-6-4-3-5-7-10;1-10-8-14(2)9-17-13(15(14)12(10)16)11-6-4-3-5-7-11/h4-8,10-11,14H,9H2,1-3H3;3-7,10-11,16,18H,8H2,1-2H3;3-7,9,11,13,16H,8H2,1-2H3;3-8,13H,9H2,1-2H3/t10?,11?,14?,15-;10?,11?,13-,14?;9?,11?,13?,14-;13?,14-/m0001/s1. The summed E-state index contributed by atoms with van der Waals surface area (Å²) >= 11 is 0. The highest BCUT2D eigenvalue weighted by Gasteiger charge is 2.67. The molecule has 15 heteroatoms. The Hall–Kier alpha value is -5.78. The summed E-state index contributed by atoms with van der Waals surface area (Å²) in [4.78, 5) is 56.2. The first-order valence-corrected chi connectivity index (χ1v) is 24.9. The van der Waals surface area contributed by atoms with Crippen LogP contribution in [0.4, 0.5) is 0 Å². The fourth-order valence-electron chi connectivity index (χ4n) is 12.0. The summed E-state index contributed by atoms with van der Waals surface area (Å²) in [7, 11) is 0. The molecule has 4 aromatic rings. The average Bonchev–Trinajstić information content (AvgIpc) is 4.24. The lowest BCUT2D eigenvalue weighted by Gasteiger charge is -2.31. The van der Waals surface area contributed by atoms with Gasteiger partial charge in [-0.05, 0) is 53.5 Å². The Labute approximate surface area is 421 Å². The second-order valence-corrected chi connectivity index (χ2v) is 21.7. The lowest BCUT2D eigenvalue weighted by molar-refractivity contribution is -0.152. The van der Waals surface area contributed by atoms with Crippen LogP contribution in [0.3, 0.4) is 0 Å². The number of fused-ring (bicyclic) bond motifs is 4. The molecule has 0 saturated carbocycles. The highest BCUT2D eigenvalue weighted by Crippen LogP contribution is 2.51. The summed E-state index contributed by atoms with van der Waals surface area (Å²) in [5, 5.41) is 30.6. The summed E-state index contributed by atoms with van der Waals surface area (Å²) in [6.07, 6.45) is -1.21. The molecule has 8 heterocycles. The normalized spacial score (nSPS) is 38.1. The van der Waals surface area contributed by atoms with E-state index in [2.05, 4.69) is 13.8 Å². The molecule has 382 valence electrons. The van der Waals surface area contributed by atoms with Crippen molar-refractivity contribution in [1.29, 1.82) is 0 Å². The lowest BCUT2D eigenvalue weighted by Crippen LogP contribution is -2.50. The van der Waals surface area contributed by atoms with E-state index in [4.69, 9.17) is 18.9 Å². The van der Waals surface area contributed by atoms with Crippen molar-refractivity contribution < 1.29 is 53.4 Å². The third kappa shape index (κ3) is 8.17. The summed E-state index contributed by atoms with van der Waals surface area (Å²) in [5.74, 6) is -0.158. The number of hydrogen-bond donors (Lipinski definition) is 3. The van der Waals surface area contributed by atoms with E-state index in [0.29, 0.717) is 25.7 Å². The van der Waals surface area contributed by atoms with Gasteiger partial charge >= 0.3 is 0 Å². The summed E-state index contributed by atoms with van der Waals surface area (Å²) < 4.78 is 23.1. The van der Waals surface area contributed by atoms with Gasteiger partial charge < -0.3 is 44.1 Å². The van der Waals surface area contributed by atoms with Crippen LogP contribution in [0.25, 0.3) is 0 Å². The smallest absolute Gasteiger partial charge is 0.259 e. The van der Waals surface area contributed by atoms with E-state index in [1.807, 2.05) is 165 Å². The van der Waals surface area contributed by atoms with Crippen molar-refractivity contribution in [3.05, 3.63) is 155 Å². The molecule has 15 nitrogen and oxygen atoms in total. The molecule has 10 unspecified atom stereocenters. The first kappa shape index (κ1) is 51.1. The van der Waals surface area contributed by atoms with E-state index >= 15 is 0 Å². The van der Waals surface area contributed by atoms with Crippen LogP contribution < -0.4 is 0 Å². The fourth-order valence-corrected chi connectivity index (χ4v) is 12.0. The molecule has 0 spiro atoms. The molecule has 12 rings (SSSR count). The van der Waals surface area contributed by atoms with Crippen molar-refractivity contribution in [1.82, 2.24) is 19.6 Å². The van der Waals surface area contributed by atoms with Crippen LogP contribution in [0.15, 0.2) is 133 Å². The third-order valence-electron chi connectivity index (χ3n) is 16.6. The van der Waals surface area contributed by atoms with Gasteiger partial charge in [-0.15, -0.1) is 0 Å². The molecular formula is C57H68N4O11. The van der Waals surface area contributed by atoms with Crippen LogP contribution in [0.1, 0.15) is 109 Å². The number of amides is 4. The van der Waals surface area contributed by atoms with Crippen LogP contribution >= 0.6 is 0 Å². The van der Waals surface area contributed by atoms with Gasteiger partial charge in [-0.1, -0.05) is 142 Å². The van der Waals surface area contributed by atoms with Gasteiger partial charge in [0.05, 0.1) is 60.6 Å². The Kier molecular flexibility index (Phi) is 13.4. The van der Waals surface area contributed by atoms with Gasteiger partial charge in [0.15, 0.2) is 30.5 Å². The van der Waals surface area contributed by atoms with Crippen molar-refractivity contribution in [2.45, 2.75) is 127 Å². The molecule has 0 aliphatic carbocycles. The molecule has 8 aliphatic rings. The van der Waals surface area contributed by atoms with Crippen molar-refractivity contribution >= 4 is 23.6 Å². The van der Waals surface area contributed by atoms with Crippen LogP contribution in [-0.2, 0) is 38.1 Å². The topological polar surface area (TPSA) is 179 Å². The lowest BCUT2D eigenvalue weighted by atomic mass is 9.84. The maximum atomic E-state index is 12.4. The SMILES string of the molecule is CC1(O)C(=O)N2C(c3ccccc3)OC[C@@]2(C)C1O.CC1=C[C@]2(C)COC(c3ccccc3)N2C1=O.CC1C(=O)N2C(c3ccccc3)OC[C@@]2(C)C1C.CC1C(=O)N2C(c3ccccc3)OC[C@@]2(C)C1O. The van der Waals surface area contributed by atoms with E-state index in [1.54, 1.807) is 18.7 Å². The molecule has 4 amide bonds. The van der Waals surface area contributed by atoms with Crippen LogP contribution in [0.2, 0.25) is 0 Å². The van der Waals surface area contributed by atoms with E-state index < -0.39 is 41.0 Å². The highest BCUT2D eigenvalue weighted by molar-refractivity contribution is 5.97. The Bertz CT molecular complexity index is 2600. The van der Waals surface area contributed by atoms with E-state index in [0.717, 1.165) is 27.8 Å². The summed E-state index contributed by atoms with van der Waals surface area (Å²) in [6, 6.07) is 38.9. The Morgan fingerprint density at radius 3 is 1.31 bits per heavy atom. The maximum Gasteiger partial charge on any atom is 0.259 e. The number of rotatable bonds is 4. The number of carbonyl (C=O) groups excluding carboxylic acids is 4. The number of nitrogens with zero attached hydrogens (tertiary/aromatic N) is 4. The van der Waals surface area contributed by atoms with Crippen molar-refractivity contribution in [3.8, 4) is 0 Å². The molecule has 3 N–H and O–H groups in total. The molecule has 0 aromatic heterocycles. The van der Waals surface area contributed by atoms with Gasteiger partial charge in [-0.3, -0.25) is 29.0 Å². The first-order valence-electron chi connectivity index (χ1n) is 24.9. The summed E-state index contributed by atoms with van der Waals surface area (Å²) in [6.45, 7) is 18.8. The Morgan fingerprint density at radius 2 is 0.847 bits per heavy atom. The number of ether oxygens (including phenoxy) is 4. The molecule has 7 saturated heterocycles. The van der Waals surface area contributed by atoms with Gasteiger partial charge in [0.25, 0.3) is 11.8 Å². The van der Waals surface area contributed by atoms with E-state index in [1.165, 1.54) is 11.8 Å². The number of aliphatic hydroxyl groups excluding tert-OH is 2. The molecule has 8 aliphatic heterocycles. The Balaban J connectivity index is 0.000000119. The molecule has 0 radical (unpaired) electrons. The molecule has 72 heavy (non-hydrogen) atoms. The van der Waals surface area contributed by atoms with Crippen molar-refractivity contribution in [2.24, 2.45) is 17.8 Å². The largest absolute Gasteiger partial charge is 0.390 e. The van der Waals surface area contributed by atoms with Crippen molar-refractivity contribution in [3.63, 3.8) is 0 Å². The quantitative estimate of drug-likeness (QED) is 0.201. The Morgan fingerprint density at radius 1 is 0.486 bits per heavy atom. The van der Waals surface area contributed by atoms with Gasteiger partial charge in [0.2, 0.25) is 11.8 Å². The fraction of sp³-hybridized carbons (Fsp3) is 0.474. The molecule has 0 bridgehead atoms. The monoisotopic (exact) mass is 984 g/mol. The second-order valence-electron chi connectivity index (χ2n) is 21.7. The minimum atomic E-state index is -1.76. The van der Waals surface area contributed by atoms with Gasteiger partial charge in [0.1, 0.15) is 6.10 Å². The number of aliphatic hydroxyl groups is 3. The zero-order valence-electron chi connectivity index (χ0n) is 42.5. The molecule has 7 fully saturated rings. The average molecular weight is 985 g/mol. The van der Waals surface area contributed by atoms with Crippen LogP contribution in [-0.4, -0.2) is 125 Å². The van der Waals surface area contributed by atoms with Gasteiger partial charge in [-0.25, -0.2) is 0 Å². The number of hydrogen-bond acceptors (Lipinski definition) is 11. The summed E-state index contributed by atoms with van der Waals surface area (Å²) in [5.41, 5.74) is 1.03. The van der Waals surface area contributed by atoms with Gasteiger partial charge in [0, 0.05) is 33.7 Å². The van der Waals surface area contributed by atoms with Crippen LogP contribution in [0, 0.1) is 17.8 Å². The second kappa shape index (κ2) is 18.9. The number of benzene rings is 4. The third-order valence-corrected chi connectivity index (χ3v) is 16.6. The van der Waals surface area contributed by atoms with E-state index in [-0.39, 0.29) is 65.9 Å². The van der Waals surface area contributed by atoms with Crippen molar-refractivity contribution in [2.75, 3.05) is 26.4 Å². The molecule has 14 atom stereocenters.